The third-order valence-electron chi connectivity index (χ3n) is 6.66. The van der Waals surface area contributed by atoms with E-state index in [-0.39, 0.29) is 6.04 Å². The molecule has 0 radical (unpaired) electrons. The van der Waals surface area contributed by atoms with E-state index in [2.05, 4.69) is 66.2 Å². The van der Waals surface area contributed by atoms with Gasteiger partial charge in [-0.2, -0.15) is 13.2 Å². The van der Waals surface area contributed by atoms with Gasteiger partial charge in [0.05, 0.1) is 10.4 Å². The van der Waals surface area contributed by atoms with E-state index in [0.29, 0.717) is 12.8 Å². The molecular formula is C22H53F3O4Si5. The number of halogens is 3. The molecule has 0 aromatic carbocycles. The Kier molecular flexibility index (Phi) is 11.5. The fourth-order valence-corrected chi connectivity index (χ4v) is 26.5. The molecule has 0 amide bonds. The molecule has 0 aliphatic carbocycles. The van der Waals surface area contributed by atoms with Gasteiger partial charge in [0.15, 0.2) is 16.6 Å². The van der Waals surface area contributed by atoms with E-state index in [9.17, 15) is 13.2 Å². The Hall–Kier alpha value is 0.714. The molecule has 0 fully saturated rings. The topological polar surface area (TPSA) is 36.9 Å². The Labute approximate surface area is 213 Å². The maximum absolute atomic E-state index is 13.5. The Balaban J connectivity index is 6.55. The van der Waals surface area contributed by atoms with E-state index in [1.54, 1.807) is 0 Å². The highest BCUT2D eigenvalue weighted by molar-refractivity contribution is 6.87. The smallest absolute Gasteiger partial charge is 0.388 e. The van der Waals surface area contributed by atoms with E-state index in [1.165, 1.54) is 0 Å². The van der Waals surface area contributed by atoms with Crippen molar-refractivity contribution in [2.24, 2.45) is 0 Å². The Morgan fingerprint density at radius 1 is 0.618 bits per heavy atom. The van der Waals surface area contributed by atoms with E-state index in [4.69, 9.17) is 17.1 Å². The van der Waals surface area contributed by atoms with Crippen LogP contribution in [0.3, 0.4) is 0 Å². The van der Waals surface area contributed by atoms with Crippen molar-refractivity contribution in [2.45, 2.75) is 142 Å². The number of alkyl halides is 3. The summed E-state index contributed by atoms with van der Waals surface area (Å²) in [6, 6.07) is -0.0503. The van der Waals surface area contributed by atoms with Crippen LogP contribution in [0.4, 0.5) is 13.2 Å². The van der Waals surface area contributed by atoms with Crippen molar-refractivity contribution in [3.05, 3.63) is 0 Å². The highest BCUT2D eigenvalue weighted by Gasteiger charge is 2.58. The van der Waals surface area contributed by atoms with Crippen LogP contribution >= 0.6 is 0 Å². The summed E-state index contributed by atoms with van der Waals surface area (Å²) in [5.41, 5.74) is 0. The van der Waals surface area contributed by atoms with E-state index in [0.717, 1.165) is 0 Å². The van der Waals surface area contributed by atoms with Gasteiger partial charge in [0.2, 0.25) is 16.6 Å². The number of hydrogen-bond acceptors (Lipinski definition) is 4. The van der Waals surface area contributed by atoms with Crippen LogP contribution in [0.15, 0.2) is 0 Å². The first-order valence-corrected chi connectivity index (χ1v) is 27.7. The Morgan fingerprint density at radius 3 is 1.35 bits per heavy atom. The zero-order valence-corrected chi connectivity index (χ0v) is 29.6. The second-order valence-corrected chi connectivity index (χ2v) is 34.4. The quantitative estimate of drug-likeness (QED) is 0.193. The van der Waals surface area contributed by atoms with Gasteiger partial charge >= 0.3 is 14.7 Å². The molecule has 0 bridgehead atoms. The summed E-state index contributed by atoms with van der Waals surface area (Å²) in [5, 5.41) is -1.46. The summed E-state index contributed by atoms with van der Waals surface area (Å²) < 4.78 is 67.5. The van der Waals surface area contributed by atoms with Crippen molar-refractivity contribution >= 4 is 41.8 Å². The Bertz CT molecular complexity index is 664. The fraction of sp³-hybridized carbons (Fsp3) is 1.00. The van der Waals surface area contributed by atoms with Gasteiger partial charge in [0.25, 0.3) is 0 Å². The second kappa shape index (κ2) is 11.2. The molecular weight excluding hydrogens is 526 g/mol. The van der Waals surface area contributed by atoms with Crippen LogP contribution in [-0.4, -0.2) is 58.5 Å². The van der Waals surface area contributed by atoms with Gasteiger partial charge in [-0.25, -0.2) is 0 Å². The molecule has 0 rings (SSSR count). The van der Waals surface area contributed by atoms with Gasteiger partial charge in [0, 0.05) is 6.42 Å². The minimum absolute atomic E-state index is 0.0503. The first-order valence-electron chi connectivity index (χ1n) is 12.5. The lowest BCUT2D eigenvalue weighted by Crippen LogP contribution is -2.70. The lowest BCUT2D eigenvalue weighted by Gasteiger charge is -2.55. The monoisotopic (exact) mass is 578 g/mol. The highest BCUT2D eigenvalue weighted by Crippen LogP contribution is 2.44. The normalized spacial score (nSPS) is 19.9. The van der Waals surface area contributed by atoms with Gasteiger partial charge in [-0.05, 0) is 105 Å². The van der Waals surface area contributed by atoms with Crippen molar-refractivity contribution in [3.63, 3.8) is 0 Å². The third-order valence-corrected chi connectivity index (χ3v) is 24.7. The number of rotatable bonds is 14. The SMILES string of the molecule is CCC(C)(O[Si](C)(CCC(F)(F)F)C(C)(CC)O[Si](C)(C)O[Si](C)(C)C)[Si](C)(C)O[Si](C)(C)C. The molecule has 0 aromatic heterocycles. The highest BCUT2D eigenvalue weighted by atomic mass is 28.4. The maximum Gasteiger partial charge on any atom is 0.388 e. The standard InChI is InChI=1S/C22H53F3O4Si5/c1-16-20(3,32(11,12)28-30(5,6)7)27-34(15,19-18-22(23,24)25)21(4,17-2)26-33(13,14)29-31(8,9)10/h16-19H2,1-15H3. The first-order chi connectivity index (χ1) is 14.7. The average Bonchev–Trinajstić information content (AvgIpc) is 2.54. The summed E-state index contributed by atoms with van der Waals surface area (Å²) in [6.07, 6.45) is -3.88. The van der Waals surface area contributed by atoms with Gasteiger partial charge in [-0.3, -0.25) is 0 Å². The molecule has 34 heavy (non-hydrogen) atoms. The minimum atomic E-state index is -4.25. The van der Waals surface area contributed by atoms with Gasteiger partial charge in [0.1, 0.15) is 0 Å². The molecule has 4 nitrogen and oxygen atoms in total. The minimum Gasteiger partial charge on any atom is -0.454 e. The predicted octanol–water partition coefficient (Wildman–Crippen LogP) is 8.57. The molecule has 206 valence electrons. The summed E-state index contributed by atoms with van der Waals surface area (Å²) >= 11 is 0. The molecule has 3 unspecified atom stereocenters. The summed E-state index contributed by atoms with van der Waals surface area (Å²) in [5.74, 6) is 0. The molecule has 12 heteroatoms. The zero-order chi connectivity index (χ0) is 27.7. The third kappa shape index (κ3) is 10.6. The molecule has 0 saturated carbocycles. The molecule has 0 heterocycles. The fourth-order valence-electron chi connectivity index (χ4n) is 4.65. The van der Waals surface area contributed by atoms with Crippen LogP contribution in [0.5, 0.6) is 0 Å². The lowest BCUT2D eigenvalue weighted by atomic mass is 10.3. The van der Waals surface area contributed by atoms with Crippen LogP contribution in [-0.2, 0) is 17.1 Å². The van der Waals surface area contributed by atoms with Crippen LogP contribution < -0.4 is 0 Å². The largest absolute Gasteiger partial charge is 0.454 e. The zero-order valence-electron chi connectivity index (χ0n) is 24.6. The summed E-state index contributed by atoms with van der Waals surface area (Å²) in [6.45, 7) is 31.1. The van der Waals surface area contributed by atoms with Crippen LogP contribution in [0.1, 0.15) is 47.0 Å². The first kappa shape index (κ1) is 34.7. The second-order valence-electron chi connectivity index (χ2n) is 13.1. The molecule has 0 aliphatic rings. The number of hydrogen-bond donors (Lipinski definition) is 0. The van der Waals surface area contributed by atoms with Crippen LogP contribution in [0, 0.1) is 0 Å². The van der Waals surface area contributed by atoms with E-state index in [1.807, 2.05) is 33.5 Å². The molecule has 0 aromatic rings. The van der Waals surface area contributed by atoms with Crippen molar-refractivity contribution in [2.75, 3.05) is 0 Å². The Morgan fingerprint density at radius 2 is 1.03 bits per heavy atom. The maximum atomic E-state index is 13.5. The molecule has 0 aliphatic heterocycles. The van der Waals surface area contributed by atoms with Crippen molar-refractivity contribution < 1.29 is 30.3 Å². The summed E-state index contributed by atoms with van der Waals surface area (Å²) in [7, 11) is -12.0. The van der Waals surface area contributed by atoms with Crippen molar-refractivity contribution in [3.8, 4) is 0 Å². The van der Waals surface area contributed by atoms with Gasteiger partial charge in [-0.1, -0.05) is 13.8 Å². The van der Waals surface area contributed by atoms with E-state index >= 15 is 0 Å². The van der Waals surface area contributed by atoms with E-state index < -0.39 is 64.9 Å². The average molecular weight is 579 g/mol. The lowest BCUT2D eigenvalue weighted by molar-refractivity contribution is -0.131. The molecule has 3 atom stereocenters. The van der Waals surface area contributed by atoms with Gasteiger partial charge in [-0.15, -0.1) is 0 Å². The van der Waals surface area contributed by atoms with Crippen molar-refractivity contribution in [1.82, 2.24) is 0 Å². The molecule has 0 spiro atoms. The van der Waals surface area contributed by atoms with Gasteiger partial charge < -0.3 is 17.1 Å². The predicted molar refractivity (Wildman–Crippen MR) is 150 cm³/mol. The molecule has 0 saturated heterocycles. The summed E-state index contributed by atoms with van der Waals surface area (Å²) in [4.78, 5) is 0. The van der Waals surface area contributed by atoms with Crippen LogP contribution in [0.2, 0.25) is 78.1 Å². The molecule has 0 N–H and O–H groups in total. The van der Waals surface area contributed by atoms with Crippen molar-refractivity contribution in [1.29, 1.82) is 0 Å². The van der Waals surface area contributed by atoms with Crippen LogP contribution in [0.25, 0.3) is 0 Å².